The molecule has 128 valence electrons. The van der Waals surface area contributed by atoms with Crippen LogP contribution in [-0.2, 0) is 0 Å². The van der Waals surface area contributed by atoms with Crippen LogP contribution in [0.5, 0.6) is 0 Å². The number of amides is 1. The summed E-state index contributed by atoms with van der Waals surface area (Å²) in [5.74, 6) is 0. The Morgan fingerprint density at radius 2 is 2.12 bits per heavy atom. The van der Waals surface area contributed by atoms with Crippen molar-refractivity contribution in [2.45, 2.75) is 18.9 Å². The van der Waals surface area contributed by atoms with Crippen molar-refractivity contribution in [3.8, 4) is 17.2 Å². The van der Waals surface area contributed by atoms with Gasteiger partial charge in [-0.25, -0.2) is 4.79 Å². The molecule has 3 rings (SSSR count). The normalized spacial score (nSPS) is 17.2. The van der Waals surface area contributed by atoms with Crippen LogP contribution in [0.1, 0.15) is 18.4 Å². The molecule has 1 atom stereocenters. The second-order valence-electron chi connectivity index (χ2n) is 6.38. The fourth-order valence-corrected chi connectivity index (χ4v) is 3.41. The van der Waals surface area contributed by atoms with E-state index in [0.717, 1.165) is 30.5 Å². The first kappa shape index (κ1) is 17.0. The predicted molar refractivity (Wildman–Crippen MR) is 97.6 cm³/mol. The zero-order valence-corrected chi connectivity index (χ0v) is 14.2. The molecule has 1 heterocycles. The molecular formula is C20H21N3O2. The molecule has 1 amide bonds. The average Bonchev–Trinajstić information content (AvgIpc) is 3.04. The average molecular weight is 335 g/mol. The van der Waals surface area contributed by atoms with Gasteiger partial charge in [-0.05, 0) is 50.2 Å². The second-order valence-corrected chi connectivity index (χ2v) is 6.38. The molecule has 0 aliphatic carbocycles. The highest BCUT2D eigenvalue weighted by Gasteiger charge is 2.27. The van der Waals surface area contributed by atoms with Gasteiger partial charge in [-0.2, -0.15) is 5.26 Å². The minimum absolute atomic E-state index is 0.231. The van der Waals surface area contributed by atoms with Gasteiger partial charge in [0.15, 0.2) is 0 Å². The van der Waals surface area contributed by atoms with Crippen molar-refractivity contribution in [2.24, 2.45) is 0 Å². The number of rotatable bonds is 4. The third kappa shape index (κ3) is 3.65. The maximum atomic E-state index is 12.0. The van der Waals surface area contributed by atoms with Gasteiger partial charge in [-0.3, -0.25) is 4.90 Å². The first-order valence-corrected chi connectivity index (χ1v) is 8.40. The number of benzene rings is 2. The molecule has 1 fully saturated rings. The smallest absolute Gasteiger partial charge is 0.411 e. The second kappa shape index (κ2) is 7.37. The van der Waals surface area contributed by atoms with Crippen LogP contribution in [0.2, 0.25) is 0 Å². The summed E-state index contributed by atoms with van der Waals surface area (Å²) in [5, 5.41) is 18.9. The molecule has 0 bridgehead atoms. The van der Waals surface area contributed by atoms with Crippen molar-refractivity contribution in [2.75, 3.05) is 25.0 Å². The summed E-state index contributed by atoms with van der Waals surface area (Å²) in [5.41, 5.74) is 2.89. The number of nitrogens with zero attached hydrogens (tertiary/aromatic N) is 3. The van der Waals surface area contributed by atoms with Crippen LogP contribution in [0.3, 0.4) is 0 Å². The Morgan fingerprint density at radius 1 is 1.32 bits per heavy atom. The van der Waals surface area contributed by atoms with Crippen molar-refractivity contribution in [1.29, 1.82) is 5.26 Å². The summed E-state index contributed by atoms with van der Waals surface area (Å²) in [6, 6.07) is 17.1. The minimum atomic E-state index is -0.954. The van der Waals surface area contributed by atoms with E-state index in [2.05, 4.69) is 11.0 Å². The zero-order chi connectivity index (χ0) is 17.8. The molecule has 5 nitrogen and oxygen atoms in total. The number of hydrogen-bond donors (Lipinski definition) is 1. The van der Waals surface area contributed by atoms with Crippen LogP contribution in [0.4, 0.5) is 10.5 Å². The van der Waals surface area contributed by atoms with Gasteiger partial charge in [0.2, 0.25) is 0 Å². The number of carboxylic acid groups (broad SMARTS) is 1. The quantitative estimate of drug-likeness (QED) is 0.923. The van der Waals surface area contributed by atoms with E-state index in [-0.39, 0.29) is 6.04 Å². The van der Waals surface area contributed by atoms with E-state index >= 15 is 0 Å². The maximum absolute atomic E-state index is 12.0. The summed E-state index contributed by atoms with van der Waals surface area (Å²) in [4.78, 5) is 15.6. The van der Waals surface area contributed by atoms with Gasteiger partial charge < -0.3 is 10.0 Å². The predicted octanol–water partition coefficient (Wildman–Crippen LogP) is 3.80. The highest BCUT2D eigenvalue weighted by Crippen LogP contribution is 2.32. The molecule has 0 radical (unpaired) electrons. The lowest BCUT2D eigenvalue weighted by molar-refractivity contribution is 0.198. The topological polar surface area (TPSA) is 67.6 Å². The van der Waals surface area contributed by atoms with Gasteiger partial charge in [0, 0.05) is 18.2 Å². The summed E-state index contributed by atoms with van der Waals surface area (Å²) in [6.07, 6.45) is 1.15. The van der Waals surface area contributed by atoms with Crippen LogP contribution in [0.25, 0.3) is 11.1 Å². The van der Waals surface area contributed by atoms with Crippen LogP contribution in [0, 0.1) is 11.3 Å². The number of nitriles is 1. The third-order valence-electron chi connectivity index (χ3n) is 4.79. The van der Waals surface area contributed by atoms with E-state index in [1.165, 1.54) is 4.90 Å². The van der Waals surface area contributed by atoms with Crippen LogP contribution in [-0.4, -0.2) is 42.3 Å². The molecule has 0 spiro atoms. The Kier molecular flexibility index (Phi) is 5.01. The van der Waals surface area contributed by atoms with Crippen molar-refractivity contribution < 1.29 is 9.90 Å². The van der Waals surface area contributed by atoms with E-state index < -0.39 is 6.09 Å². The van der Waals surface area contributed by atoms with E-state index in [9.17, 15) is 9.90 Å². The number of anilines is 1. The number of para-hydroxylation sites is 1. The zero-order valence-electron chi connectivity index (χ0n) is 14.2. The van der Waals surface area contributed by atoms with Gasteiger partial charge in [-0.1, -0.05) is 30.3 Å². The largest absolute Gasteiger partial charge is 0.465 e. The Balaban J connectivity index is 1.99. The first-order chi connectivity index (χ1) is 12.1. The Hall–Kier alpha value is -2.84. The molecule has 2 aromatic rings. The standard InChI is InChI=1S/C20H21N3O2/c1-22-11-5-8-17(22)14-23(20(24)25)19-10-3-2-9-18(19)16-7-4-6-15(12-16)13-21/h2-4,6-7,9-10,12,17H,5,8,11,14H2,1H3,(H,24,25). The van der Waals surface area contributed by atoms with Crippen molar-refractivity contribution >= 4 is 11.8 Å². The molecule has 0 saturated carbocycles. The van der Waals surface area contributed by atoms with Crippen molar-refractivity contribution in [3.63, 3.8) is 0 Å². The van der Waals surface area contributed by atoms with Crippen LogP contribution < -0.4 is 4.90 Å². The lowest BCUT2D eigenvalue weighted by Crippen LogP contribution is -2.41. The summed E-state index contributed by atoms with van der Waals surface area (Å²) in [6.45, 7) is 1.45. The SMILES string of the molecule is CN1CCCC1CN(C(=O)O)c1ccccc1-c1cccc(C#N)c1. The highest BCUT2D eigenvalue weighted by molar-refractivity contribution is 5.93. The molecule has 1 N–H and O–H groups in total. The fraction of sp³-hybridized carbons (Fsp3) is 0.300. The fourth-order valence-electron chi connectivity index (χ4n) is 3.41. The van der Waals surface area contributed by atoms with Crippen LogP contribution in [0.15, 0.2) is 48.5 Å². The summed E-state index contributed by atoms with van der Waals surface area (Å²) < 4.78 is 0. The van der Waals surface area contributed by atoms with Gasteiger partial charge in [0.1, 0.15) is 0 Å². The Labute approximate surface area is 147 Å². The van der Waals surface area contributed by atoms with E-state index in [4.69, 9.17) is 5.26 Å². The van der Waals surface area contributed by atoms with Crippen molar-refractivity contribution in [1.82, 2.24) is 4.90 Å². The Bertz CT molecular complexity index is 813. The minimum Gasteiger partial charge on any atom is -0.465 e. The number of likely N-dealkylation sites (tertiary alicyclic amines) is 1. The molecule has 2 aromatic carbocycles. The van der Waals surface area contributed by atoms with Gasteiger partial charge in [0.25, 0.3) is 0 Å². The molecule has 1 unspecified atom stereocenters. The van der Waals surface area contributed by atoms with Gasteiger partial charge in [0.05, 0.1) is 17.3 Å². The molecule has 1 aliphatic rings. The molecule has 5 heteroatoms. The van der Waals surface area contributed by atoms with E-state index in [0.29, 0.717) is 17.8 Å². The van der Waals surface area contributed by atoms with Crippen LogP contribution >= 0.6 is 0 Å². The number of likely N-dealkylation sites (N-methyl/N-ethyl adjacent to an activating group) is 1. The molecule has 1 saturated heterocycles. The number of carbonyl (C=O) groups is 1. The summed E-state index contributed by atoms with van der Waals surface area (Å²) in [7, 11) is 2.04. The summed E-state index contributed by atoms with van der Waals surface area (Å²) >= 11 is 0. The third-order valence-corrected chi connectivity index (χ3v) is 4.79. The van der Waals surface area contributed by atoms with E-state index in [1.54, 1.807) is 12.1 Å². The first-order valence-electron chi connectivity index (χ1n) is 8.40. The maximum Gasteiger partial charge on any atom is 0.411 e. The van der Waals surface area contributed by atoms with Gasteiger partial charge in [-0.15, -0.1) is 0 Å². The highest BCUT2D eigenvalue weighted by atomic mass is 16.4. The monoisotopic (exact) mass is 335 g/mol. The molecule has 25 heavy (non-hydrogen) atoms. The van der Waals surface area contributed by atoms with Gasteiger partial charge >= 0.3 is 6.09 Å². The Morgan fingerprint density at radius 3 is 2.80 bits per heavy atom. The lowest BCUT2D eigenvalue weighted by Gasteiger charge is -2.28. The number of hydrogen-bond acceptors (Lipinski definition) is 3. The molecule has 0 aromatic heterocycles. The van der Waals surface area contributed by atoms with Crippen molar-refractivity contribution in [3.05, 3.63) is 54.1 Å². The molecule has 1 aliphatic heterocycles. The lowest BCUT2D eigenvalue weighted by atomic mass is 10.0. The molecular weight excluding hydrogens is 314 g/mol. The van der Waals surface area contributed by atoms with E-state index in [1.807, 2.05) is 43.4 Å².